The Hall–Kier alpha value is -1.01. The quantitative estimate of drug-likeness (QED) is 0.770. The van der Waals surface area contributed by atoms with Gasteiger partial charge in [-0.2, -0.15) is 0 Å². The van der Waals surface area contributed by atoms with Crippen LogP contribution in [0.4, 0.5) is 0 Å². The molecule has 0 unspecified atom stereocenters. The van der Waals surface area contributed by atoms with E-state index in [-0.39, 0.29) is 23.6 Å². The van der Waals surface area contributed by atoms with Crippen LogP contribution in [-0.2, 0) is 4.79 Å². The molecular formula is C16H23Cl2N3O2. The van der Waals surface area contributed by atoms with E-state index in [4.69, 9.17) is 34.7 Å². The fourth-order valence-corrected chi connectivity index (χ4v) is 3.29. The number of aromatic hydroxyl groups is 1. The van der Waals surface area contributed by atoms with Crippen molar-refractivity contribution in [3.05, 3.63) is 27.7 Å². The summed E-state index contributed by atoms with van der Waals surface area (Å²) in [4.78, 5) is 13.9. The van der Waals surface area contributed by atoms with Crippen molar-refractivity contribution in [1.29, 1.82) is 0 Å². The summed E-state index contributed by atoms with van der Waals surface area (Å²) in [7, 11) is 0. The van der Waals surface area contributed by atoms with Gasteiger partial charge in [-0.25, -0.2) is 0 Å². The van der Waals surface area contributed by atoms with E-state index >= 15 is 0 Å². The molecule has 1 aliphatic heterocycles. The maximum absolute atomic E-state index is 12.1. The second-order valence-electron chi connectivity index (χ2n) is 6.03. The number of piperidine rings is 1. The standard InChI is InChI=1S/C16H23Cl2N3O2/c1-2-13(19)16(23)21-5-3-9(4-6-21)15(20)10-7-11(17)12(18)8-14(10)22/h7-9,13,15,22H,2-6,19-20H2,1H3/t13-,15+/m0/s1. The van der Waals surface area contributed by atoms with E-state index in [0.29, 0.717) is 35.1 Å². The number of benzene rings is 1. The van der Waals surface area contributed by atoms with Gasteiger partial charge in [0.05, 0.1) is 16.1 Å². The minimum Gasteiger partial charge on any atom is -0.508 e. The second-order valence-corrected chi connectivity index (χ2v) is 6.84. The van der Waals surface area contributed by atoms with E-state index in [9.17, 15) is 9.90 Å². The number of carbonyl (C=O) groups excluding carboxylic acids is 1. The molecule has 0 bridgehead atoms. The van der Waals surface area contributed by atoms with Gasteiger partial charge in [-0.3, -0.25) is 4.79 Å². The number of carbonyl (C=O) groups is 1. The summed E-state index contributed by atoms with van der Waals surface area (Å²) >= 11 is 11.9. The molecule has 2 atom stereocenters. The Labute approximate surface area is 146 Å². The highest BCUT2D eigenvalue weighted by molar-refractivity contribution is 6.42. The molecule has 0 radical (unpaired) electrons. The summed E-state index contributed by atoms with van der Waals surface area (Å²) in [5.41, 5.74) is 12.7. The molecule has 1 saturated heterocycles. The first-order valence-corrected chi connectivity index (χ1v) is 8.58. The molecule has 0 spiro atoms. The van der Waals surface area contributed by atoms with Crippen LogP contribution in [0.2, 0.25) is 10.0 Å². The molecule has 1 aromatic rings. The molecular weight excluding hydrogens is 337 g/mol. The molecule has 1 amide bonds. The number of hydrogen-bond acceptors (Lipinski definition) is 4. The van der Waals surface area contributed by atoms with Gasteiger partial charge in [0.25, 0.3) is 0 Å². The van der Waals surface area contributed by atoms with Crippen molar-refractivity contribution < 1.29 is 9.90 Å². The lowest BCUT2D eigenvalue weighted by atomic mass is 9.85. The molecule has 128 valence electrons. The third-order valence-electron chi connectivity index (χ3n) is 4.54. The molecule has 1 aliphatic rings. The summed E-state index contributed by atoms with van der Waals surface area (Å²) in [5, 5.41) is 10.7. The molecule has 5 nitrogen and oxygen atoms in total. The Morgan fingerprint density at radius 3 is 2.43 bits per heavy atom. The number of likely N-dealkylation sites (tertiary alicyclic amines) is 1. The molecule has 2 rings (SSSR count). The van der Waals surface area contributed by atoms with Crippen LogP contribution in [0.15, 0.2) is 12.1 Å². The Morgan fingerprint density at radius 2 is 1.87 bits per heavy atom. The van der Waals surface area contributed by atoms with E-state index in [1.807, 2.05) is 6.92 Å². The van der Waals surface area contributed by atoms with Gasteiger partial charge in [0.1, 0.15) is 5.75 Å². The van der Waals surface area contributed by atoms with Crippen molar-refractivity contribution >= 4 is 29.1 Å². The number of rotatable bonds is 4. The maximum Gasteiger partial charge on any atom is 0.239 e. The van der Waals surface area contributed by atoms with E-state index < -0.39 is 6.04 Å². The molecule has 1 aromatic carbocycles. The fourth-order valence-electron chi connectivity index (χ4n) is 2.96. The van der Waals surface area contributed by atoms with Gasteiger partial charge in [0.15, 0.2) is 0 Å². The smallest absolute Gasteiger partial charge is 0.239 e. The first-order valence-electron chi connectivity index (χ1n) is 7.83. The van der Waals surface area contributed by atoms with Gasteiger partial charge in [0, 0.05) is 30.8 Å². The van der Waals surface area contributed by atoms with Crippen LogP contribution in [0.1, 0.15) is 37.8 Å². The molecule has 1 fully saturated rings. The summed E-state index contributed by atoms with van der Waals surface area (Å²) in [6.07, 6.45) is 2.17. The predicted molar refractivity (Wildman–Crippen MR) is 92.6 cm³/mol. The molecule has 0 aromatic heterocycles. The van der Waals surface area contributed by atoms with Crippen LogP contribution in [0, 0.1) is 5.92 Å². The first kappa shape index (κ1) is 18.3. The zero-order valence-corrected chi connectivity index (χ0v) is 14.6. The molecule has 1 heterocycles. The summed E-state index contributed by atoms with van der Waals surface area (Å²) < 4.78 is 0. The zero-order valence-electron chi connectivity index (χ0n) is 13.1. The molecule has 5 N–H and O–H groups in total. The number of halogens is 2. The number of phenols is 1. The normalized spacial score (nSPS) is 18.7. The van der Waals surface area contributed by atoms with Gasteiger partial charge >= 0.3 is 0 Å². The summed E-state index contributed by atoms with van der Waals surface area (Å²) in [6, 6.07) is 2.26. The van der Waals surface area contributed by atoms with E-state index in [2.05, 4.69) is 0 Å². The number of phenolic OH excluding ortho intramolecular Hbond substituents is 1. The summed E-state index contributed by atoms with van der Waals surface area (Å²) in [5.74, 6) is 0.218. The predicted octanol–water partition coefficient (Wildman–Crippen LogP) is 2.67. The van der Waals surface area contributed by atoms with Crippen molar-refractivity contribution in [2.24, 2.45) is 17.4 Å². The lowest BCUT2D eigenvalue weighted by Crippen LogP contribution is -2.47. The third-order valence-corrected chi connectivity index (χ3v) is 5.27. The molecule has 23 heavy (non-hydrogen) atoms. The van der Waals surface area contributed by atoms with E-state index in [1.54, 1.807) is 11.0 Å². The first-order chi connectivity index (χ1) is 10.8. The number of hydrogen-bond donors (Lipinski definition) is 3. The van der Waals surface area contributed by atoms with E-state index in [0.717, 1.165) is 12.8 Å². The van der Waals surface area contributed by atoms with Gasteiger partial charge in [-0.15, -0.1) is 0 Å². The molecule has 7 heteroatoms. The van der Waals surface area contributed by atoms with Crippen molar-refractivity contribution in [2.45, 2.75) is 38.3 Å². The van der Waals surface area contributed by atoms with Crippen LogP contribution >= 0.6 is 23.2 Å². The molecule has 0 saturated carbocycles. The van der Waals surface area contributed by atoms with Crippen molar-refractivity contribution in [1.82, 2.24) is 4.90 Å². The number of nitrogens with two attached hydrogens (primary N) is 2. The highest BCUT2D eigenvalue weighted by Crippen LogP contribution is 2.37. The van der Waals surface area contributed by atoms with Gasteiger partial charge in [0.2, 0.25) is 5.91 Å². The second kappa shape index (κ2) is 7.71. The highest BCUT2D eigenvalue weighted by Gasteiger charge is 2.30. The lowest BCUT2D eigenvalue weighted by molar-refractivity contribution is -0.134. The minimum absolute atomic E-state index is 0.00286. The van der Waals surface area contributed by atoms with Gasteiger partial charge in [-0.05, 0) is 31.2 Å². The Balaban J connectivity index is 2.03. The number of nitrogens with zero attached hydrogens (tertiary/aromatic N) is 1. The minimum atomic E-state index is -0.431. The average Bonchev–Trinajstić information content (AvgIpc) is 2.56. The van der Waals surface area contributed by atoms with Crippen LogP contribution in [0.3, 0.4) is 0 Å². The van der Waals surface area contributed by atoms with Gasteiger partial charge < -0.3 is 21.5 Å². The summed E-state index contributed by atoms with van der Waals surface area (Å²) in [6.45, 7) is 3.16. The van der Waals surface area contributed by atoms with Crippen molar-refractivity contribution in [3.8, 4) is 5.75 Å². The third kappa shape index (κ3) is 4.10. The SMILES string of the molecule is CC[C@H](N)C(=O)N1CCC([C@@H](N)c2cc(Cl)c(Cl)cc2O)CC1. The van der Waals surface area contributed by atoms with Crippen molar-refractivity contribution in [2.75, 3.05) is 13.1 Å². The zero-order chi connectivity index (χ0) is 17.1. The van der Waals surface area contributed by atoms with Gasteiger partial charge in [-0.1, -0.05) is 30.1 Å². The monoisotopic (exact) mass is 359 g/mol. The topological polar surface area (TPSA) is 92.6 Å². The maximum atomic E-state index is 12.1. The average molecular weight is 360 g/mol. The lowest BCUT2D eigenvalue weighted by Gasteiger charge is -2.36. The van der Waals surface area contributed by atoms with Crippen LogP contribution in [-0.4, -0.2) is 35.0 Å². The van der Waals surface area contributed by atoms with Crippen LogP contribution < -0.4 is 11.5 Å². The Bertz CT molecular complexity index is 575. The van der Waals surface area contributed by atoms with E-state index in [1.165, 1.54) is 6.07 Å². The van der Waals surface area contributed by atoms with Crippen molar-refractivity contribution in [3.63, 3.8) is 0 Å². The fraction of sp³-hybridized carbons (Fsp3) is 0.562. The largest absolute Gasteiger partial charge is 0.508 e. The van der Waals surface area contributed by atoms with Crippen LogP contribution in [0.5, 0.6) is 5.75 Å². The molecule has 0 aliphatic carbocycles. The van der Waals surface area contributed by atoms with Crippen LogP contribution in [0.25, 0.3) is 0 Å². The highest BCUT2D eigenvalue weighted by atomic mass is 35.5. The Kier molecular flexibility index (Phi) is 6.14. The number of amides is 1. The Morgan fingerprint density at radius 1 is 1.30 bits per heavy atom.